The van der Waals surface area contributed by atoms with Gasteiger partial charge in [-0.15, -0.1) is 0 Å². The molecule has 2 aromatic carbocycles. The Morgan fingerprint density at radius 1 is 0.938 bits per heavy atom. The molecule has 0 unspecified atom stereocenters. The van der Waals surface area contributed by atoms with Crippen molar-refractivity contribution in [3.05, 3.63) is 45.9 Å². The Labute approximate surface area is 194 Å². The summed E-state index contributed by atoms with van der Waals surface area (Å²) in [4.78, 5) is 36.8. The smallest absolute Gasteiger partial charge is 0.394 e. The van der Waals surface area contributed by atoms with Crippen molar-refractivity contribution < 1.29 is 29.3 Å². The number of phenols is 1. The number of nitrogens with one attached hydrogen (secondary N) is 1. The first-order valence-corrected chi connectivity index (χ1v) is 10.9. The molecule has 8 nitrogen and oxygen atoms in total. The second kappa shape index (κ2) is 10.6. The van der Waals surface area contributed by atoms with Crippen LogP contribution >= 0.6 is 23.2 Å². The minimum atomic E-state index is -1.65. The Hall–Kier alpha value is -2.97. The third kappa shape index (κ3) is 5.83. The van der Waals surface area contributed by atoms with E-state index >= 15 is 0 Å². The number of hydrogen-bond acceptors (Lipinski definition) is 5. The van der Waals surface area contributed by atoms with Crippen molar-refractivity contribution in [2.75, 3.05) is 18.4 Å². The SMILES string of the molecule is O=C(O)C(=O)Nc1cc(Cl)c(Oc2ccc(O)c(C(=O)N3CCCCCCC3)c2)c(Cl)c1. The van der Waals surface area contributed by atoms with Crippen molar-refractivity contribution in [3.8, 4) is 17.2 Å². The predicted octanol–water partition coefficient (Wildman–Crippen LogP) is 4.92. The summed E-state index contributed by atoms with van der Waals surface area (Å²) in [5, 5.41) is 21.1. The lowest BCUT2D eigenvalue weighted by Gasteiger charge is -2.25. The molecule has 1 saturated heterocycles. The van der Waals surface area contributed by atoms with Crippen molar-refractivity contribution in [2.45, 2.75) is 32.1 Å². The summed E-state index contributed by atoms with van der Waals surface area (Å²) in [7, 11) is 0. The molecular weight excluding hydrogens is 459 g/mol. The van der Waals surface area contributed by atoms with E-state index in [9.17, 15) is 19.5 Å². The van der Waals surface area contributed by atoms with Crippen LogP contribution in [0.5, 0.6) is 17.2 Å². The minimum Gasteiger partial charge on any atom is -0.507 e. The second-order valence-corrected chi connectivity index (χ2v) is 8.18. The van der Waals surface area contributed by atoms with E-state index in [0.29, 0.717) is 13.1 Å². The second-order valence-electron chi connectivity index (χ2n) is 7.37. The number of carboxylic acid groups (broad SMARTS) is 1. The van der Waals surface area contributed by atoms with E-state index < -0.39 is 11.9 Å². The van der Waals surface area contributed by atoms with Crippen molar-refractivity contribution in [3.63, 3.8) is 0 Å². The Morgan fingerprint density at radius 3 is 2.12 bits per heavy atom. The average molecular weight is 481 g/mol. The maximum absolute atomic E-state index is 13.0. The molecule has 1 aliphatic heterocycles. The van der Waals surface area contributed by atoms with Crippen molar-refractivity contribution in [1.82, 2.24) is 4.90 Å². The Bertz CT molecular complexity index is 1010. The van der Waals surface area contributed by atoms with Gasteiger partial charge in [0.1, 0.15) is 11.5 Å². The molecule has 10 heteroatoms. The maximum Gasteiger partial charge on any atom is 0.394 e. The Balaban J connectivity index is 1.81. The molecule has 0 aliphatic carbocycles. The number of aliphatic carboxylic acids is 1. The van der Waals surface area contributed by atoms with Gasteiger partial charge in [0.05, 0.1) is 15.6 Å². The summed E-state index contributed by atoms with van der Waals surface area (Å²) in [6, 6.07) is 6.82. The highest BCUT2D eigenvalue weighted by Crippen LogP contribution is 2.39. The third-order valence-corrected chi connectivity index (χ3v) is 5.57. The van der Waals surface area contributed by atoms with Crippen LogP contribution in [0.25, 0.3) is 0 Å². The van der Waals surface area contributed by atoms with E-state index in [4.69, 9.17) is 33.0 Å². The molecule has 32 heavy (non-hydrogen) atoms. The van der Waals surface area contributed by atoms with Crippen LogP contribution in [0.15, 0.2) is 30.3 Å². The number of carbonyl (C=O) groups is 3. The average Bonchev–Trinajstić information content (AvgIpc) is 2.71. The molecule has 2 amide bonds. The lowest BCUT2D eigenvalue weighted by Crippen LogP contribution is -2.33. The summed E-state index contributed by atoms with van der Waals surface area (Å²) in [6.07, 6.45) is 5.13. The van der Waals surface area contributed by atoms with Crippen LogP contribution in [0.4, 0.5) is 5.69 Å². The summed E-state index contributed by atoms with van der Waals surface area (Å²) in [5.74, 6) is -3.05. The van der Waals surface area contributed by atoms with Gasteiger partial charge in [0.15, 0.2) is 5.75 Å². The Morgan fingerprint density at radius 2 is 1.53 bits per heavy atom. The van der Waals surface area contributed by atoms with Gasteiger partial charge in [-0.1, -0.05) is 42.5 Å². The number of likely N-dealkylation sites (tertiary alicyclic amines) is 1. The first kappa shape index (κ1) is 23.7. The first-order valence-electron chi connectivity index (χ1n) is 10.1. The highest BCUT2D eigenvalue weighted by atomic mass is 35.5. The topological polar surface area (TPSA) is 116 Å². The summed E-state index contributed by atoms with van der Waals surface area (Å²) in [6.45, 7) is 1.26. The number of phenolic OH excluding ortho intramolecular Hbond substituents is 1. The summed E-state index contributed by atoms with van der Waals surface area (Å²) >= 11 is 12.4. The zero-order valence-electron chi connectivity index (χ0n) is 17.1. The lowest BCUT2D eigenvalue weighted by atomic mass is 10.1. The van der Waals surface area contributed by atoms with Gasteiger partial charge in [0.2, 0.25) is 0 Å². The number of aromatic hydroxyl groups is 1. The normalized spacial score (nSPS) is 14.2. The highest BCUT2D eigenvalue weighted by molar-refractivity contribution is 6.39. The molecule has 0 aromatic heterocycles. The number of carboxylic acids is 1. The number of ether oxygens (including phenoxy) is 1. The zero-order chi connectivity index (χ0) is 23.3. The number of nitrogens with zero attached hydrogens (tertiary/aromatic N) is 1. The van der Waals surface area contributed by atoms with Crippen molar-refractivity contribution in [2.24, 2.45) is 0 Å². The summed E-state index contributed by atoms with van der Waals surface area (Å²) < 4.78 is 5.75. The van der Waals surface area contributed by atoms with Crippen LogP contribution in [-0.4, -0.2) is 46.0 Å². The van der Waals surface area contributed by atoms with E-state index in [0.717, 1.165) is 32.1 Å². The molecule has 3 N–H and O–H groups in total. The van der Waals surface area contributed by atoms with Gasteiger partial charge in [0, 0.05) is 18.8 Å². The van der Waals surface area contributed by atoms with Crippen LogP contribution in [0.2, 0.25) is 10.0 Å². The van der Waals surface area contributed by atoms with Gasteiger partial charge in [-0.3, -0.25) is 9.59 Å². The van der Waals surface area contributed by atoms with Crippen molar-refractivity contribution in [1.29, 1.82) is 0 Å². The number of carbonyl (C=O) groups excluding carboxylic acids is 2. The van der Waals surface area contributed by atoms with Gasteiger partial charge < -0.3 is 25.2 Å². The minimum absolute atomic E-state index is 0.0166. The predicted molar refractivity (Wildman–Crippen MR) is 120 cm³/mol. The lowest BCUT2D eigenvalue weighted by molar-refractivity contribution is -0.147. The van der Waals surface area contributed by atoms with Gasteiger partial charge in [-0.05, 0) is 43.2 Å². The zero-order valence-corrected chi connectivity index (χ0v) is 18.6. The van der Waals surface area contributed by atoms with Crippen LogP contribution in [0.1, 0.15) is 42.5 Å². The number of benzene rings is 2. The number of anilines is 1. The molecule has 0 atom stereocenters. The van der Waals surface area contributed by atoms with Crippen LogP contribution in [0, 0.1) is 0 Å². The van der Waals surface area contributed by atoms with Gasteiger partial charge >= 0.3 is 11.9 Å². The molecule has 0 saturated carbocycles. The summed E-state index contributed by atoms with van der Waals surface area (Å²) in [5.41, 5.74) is 0.194. The number of hydrogen-bond donors (Lipinski definition) is 3. The van der Waals surface area contributed by atoms with Crippen LogP contribution in [-0.2, 0) is 9.59 Å². The molecule has 170 valence electrons. The molecule has 0 radical (unpaired) electrons. The largest absolute Gasteiger partial charge is 0.507 e. The molecule has 3 rings (SSSR count). The fraction of sp³-hybridized carbons (Fsp3) is 0.318. The standard InChI is InChI=1S/C22H22Cl2N2O6/c23-16-10-13(25-20(28)22(30)31)11-17(24)19(16)32-14-6-7-18(27)15(12-14)21(29)26-8-4-2-1-3-5-9-26/h6-7,10-12,27H,1-5,8-9H2,(H,25,28)(H,30,31). The van der Waals surface area contributed by atoms with Crippen LogP contribution < -0.4 is 10.1 Å². The quantitative estimate of drug-likeness (QED) is 0.534. The molecule has 0 spiro atoms. The van der Waals surface area contributed by atoms with E-state index in [1.807, 2.05) is 0 Å². The number of amides is 2. The van der Waals surface area contributed by atoms with Crippen molar-refractivity contribution >= 4 is 46.7 Å². The molecule has 1 heterocycles. The van der Waals surface area contributed by atoms with Gasteiger partial charge in [-0.2, -0.15) is 0 Å². The van der Waals surface area contributed by atoms with E-state index in [1.54, 1.807) is 4.90 Å². The monoisotopic (exact) mass is 480 g/mol. The van der Waals surface area contributed by atoms with E-state index in [2.05, 4.69) is 5.32 Å². The molecule has 1 aliphatic rings. The highest BCUT2D eigenvalue weighted by Gasteiger charge is 2.21. The number of rotatable bonds is 4. The van der Waals surface area contributed by atoms with E-state index in [1.165, 1.54) is 30.3 Å². The fourth-order valence-corrected chi connectivity index (χ4v) is 3.97. The third-order valence-electron chi connectivity index (χ3n) is 5.01. The molecular formula is C22H22Cl2N2O6. The molecule has 0 bridgehead atoms. The first-order chi connectivity index (χ1) is 15.3. The van der Waals surface area contributed by atoms with Gasteiger partial charge in [0.25, 0.3) is 5.91 Å². The molecule has 1 fully saturated rings. The molecule has 2 aromatic rings. The van der Waals surface area contributed by atoms with E-state index in [-0.39, 0.29) is 44.5 Å². The number of halogens is 2. The Kier molecular flexibility index (Phi) is 7.82. The van der Waals surface area contributed by atoms with Crippen LogP contribution in [0.3, 0.4) is 0 Å². The fourth-order valence-electron chi connectivity index (χ4n) is 3.40. The van der Waals surface area contributed by atoms with Gasteiger partial charge in [-0.25, -0.2) is 4.79 Å². The maximum atomic E-state index is 13.0.